The van der Waals surface area contributed by atoms with Crippen molar-refractivity contribution >= 4 is 64.6 Å². The van der Waals surface area contributed by atoms with Gasteiger partial charge in [-0.05, 0) is 35.9 Å². The summed E-state index contributed by atoms with van der Waals surface area (Å²) in [6.07, 6.45) is -3.20. The summed E-state index contributed by atoms with van der Waals surface area (Å²) < 4.78 is 39.0. The van der Waals surface area contributed by atoms with Crippen molar-refractivity contribution in [3.05, 3.63) is 45.3 Å². The van der Waals surface area contributed by atoms with Crippen LogP contribution in [-0.2, 0) is 25.7 Å². The van der Waals surface area contributed by atoms with E-state index in [1.54, 1.807) is 4.90 Å². The quantitative estimate of drug-likeness (QED) is 0.376. The number of carboxylic acid groups (broad SMARTS) is 1. The van der Waals surface area contributed by atoms with Crippen LogP contribution in [-0.4, -0.2) is 104 Å². The average Bonchev–Trinajstić information content (AvgIpc) is 3.45. The molecule has 0 radical (unpaired) electrons. The number of halogens is 3. The Labute approximate surface area is 218 Å². The SMILES string of the molecule is O=C(O)C1=C(/C=C2\CCN(Cc3cccs3)C2=O)C[C@@H]2CN(C(=O)C(F)(F)F)[C@@H]3C(=O)N1[C@H]23.[NaH]. The summed E-state index contributed by atoms with van der Waals surface area (Å²) in [6.45, 7) is 0.598. The number of amides is 3. The Morgan fingerprint density at radius 1 is 1.26 bits per heavy atom. The van der Waals surface area contributed by atoms with E-state index >= 15 is 0 Å². The van der Waals surface area contributed by atoms with Gasteiger partial charge in [0.2, 0.25) is 5.91 Å². The number of carbonyl (C=O) groups excluding carboxylic acids is 3. The van der Waals surface area contributed by atoms with Gasteiger partial charge in [-0.25, -0.2) is 4.79 Å². The van der Waals surface area contributed by atoms with E-state index in [0.717, 1.165) is 9.78 Å². The van der Waals surface area contributed by atoms with Crippen LogP contribution in [0.2, 0.25) is 0 Å². The predicted molar refractivity (Wildman–Crippen MR) is 115 cm³/mol. The molecule has 3 fully saturated rings. The van der Waals surface area contributed by atoms with Crippen LogP contribution in [0.4, 0.5) is 13.2 Å². The zero-order valence-electron chi connectivity index (χ0n) is 17.0. The molecular weight excluding hydrogens is 486 g/mol. The Morgan fingerprint density at radius 3 is 2.62 bits per heavy atom. The molecule has 4 aliphatic heterocycles. The summed E-state index contributed by atoms with van der Waals surface area (Å²) in [6, 6.07) is 1.69. The van der Waals surface area contributed by atoms with Crippen molar-refractivity contribution in [1.29, 1.82) is 0 Å². The van der Waals surface area contributed by atoms with Gasteiger partial charge in [0.25, 0.3) is 5.91 Å². The molecule has 3 atom stereocenters. The normalized spacial score (nSPS) is 27.2. The molecule has 0 saturated carbocycles. The molecule has 5 heterocycles. The molecule has 8 nitrogen and oxygen atoms in total. The average molecular weight is 505 g/mol. The summed E-state index contributed by atoms with van der Waals surface area (Å²) in [4.78, 5) is 53.5. The summed E-state index contributed by atoms with van der Waals surface area (Å²) in [7, 11) is 0. The van der Waals surface area contributed by atoms with Crippen LogP contribution in [0, 0.1) is 5.92 Å². The molecule has 176 valence electrons. The van der Waals surface area contributed by atoms with Crippen LogP contribution < -0.4 is 0 Å². The second-order valence-corrected chi connectivity index (χ2v) is 9.50. The molecule has 1 aromatic heterocycles. The molecule has 3 amide bonds. The number of carboxylic acids is 1. The fourth-order valence-corrected chi connectivity index (χ4v) is 5.95. The van der Waals surface area contributed by atoms with Crippen molar-refractivity contribution in [3.8, 4) is 0 Å². The Hall–Kier alpha value is -2.15. The summed E-state index contributed by atoms with van der Waals surface area (Å²) in [5.74, 6) is -5.11. The first-order valence-corrected chi connectivity index (χ1v) is 11.2. The fraction of sp³-hybridized carbons (Fsp3) is 0.429. The molecule has 3 saturated heterocycles. The zero-order valence-corrected chi connectivity index (χ0v) is 17.9. The number of alkyl halides is 3. The van der Waals surface area contributed by atoms with Crippen molar-refractivity contribution in [1.82, 2.24) is 14.7 Å². The first-order valence-electron chi connectivity index (χ1n) is 10.3. The van der Waals surface area contributed by atoms with Crippen molar-refractivity contribution in [3.63, 3.8) is 0 Å². The summed E-state index contributed by atoms with van der Waals surface area (Å²) in [5.41, 5.74) is 0.290. The van der Waals surface area contributed by atoms with E-state index in [4.69, 9.17) is 0 Å². The molecule has 5 rings (SSSR count). The molecule has 1 N–H and O–H groups in total. The molecule has 4 aliphatic rings. The first kappa shape index (κ1) is 25.0. The minimum absolute atomic E-state index is 0. The summed E-state index contributed by atoms with van der Waals surface area (Å²) >= 11 is 1.52. The number of allylic oxidation sites excluding steroid dienone is 2. The van der Waals surface area contributed by atoms with Gasteiger partial charge in [-0.1, -0.05) is 6.07 Å². The van der Waals surface area contributed by atoms with Crippen LogP contribution in [0.5, 0.6) is 0 Å². The van der Waals surface area contributed by atoms with Gasteiger partial charge >= 0.3 is 47.6 Å². The van der Waals surface area contributed by atoms with E-state index in [9.17, 15) is 37.5 Å². The minimum atomic E-state index is -5.12. The topological polar surface area (TPSA) is 98.2 Å². The van der Waals surface area contributed by atoms with E-state index < -0.39 is 42.0 Å². The van der Waals surface area contributed by atoms with Crippen molar-refractivity contribution < 1.29 is 37.5 Å². The van der Waals surface area contributed by atoms with E-state index in [1.165, 1.54) is 17.4 Å². The van der Waals surface area contributed by atoms with Crippen molar-refractivity contribution in [2.75, 3.05) is 13.1 Å². The van der Waals surface area contributed by atoms with E-state index in [1.807, 2.05) is 17.5 Å². The second kappa shape index (κ2) is 8.81. The van der Waals surface area contributed by atoms with Gasteiger partial charge in [-0.15, -0.1) is 11.3 Å². The zero-order chi connectivity index (χ0) is 23.7. The van der Waals surface area contributed by atoms with Gasteiger partial charge in [0, 0.05) is 29.5 Å². The third kappa shape index (κ3) is 3.90. The molecule has 13 heteroatoms. The molecule has 1 aromatic rings. The maximum absolute atomic E-state index is 13.0. The predicted octanol–water partition coefficient (Wildman–Crippen LogP) is 1.10. The number of rotatable bonds is 4. The number of thiophene rings is 1. The van der Waals surface area contributed by atoms with Gasteiger partial charge < -0.3 is 14.9 Å². The Morgan fingerprint density at radius 2 is 2.00 bits per heavy atom. The molecule has 0 aliphatic carbocycles. The Kier molecular flexibility index (Phi) is 6.47. The van der Waals surface area contributed by atoms with E-state index in [0.29, 0.717) is 30.0 Å². The van der Waals surface area contributed by atoms with Crippen LogP contribution in [0.1, 0.15) is 17.7 Å². The number of hydrogen-bond donors (Lipinski definition) is 1. The number of nitrogens with zero attached hydrogens (tertiary/aromatic N) is 3. The standard InChI is InChI=1S/C21H18F3N3O5S.Na.H/c22-21(23,24)20(32)26-8-12-7-11(15(19(30)31)27-14(12)16(26)18(27)29)6-10-3-4-25(17(10)28)9-13-2-1-5-33-13;;/h1-2,5-6,12,14,16H,3-4,7-9H2,(H,30,31);;/b10-6+;;/t12-,14-,16+;;/m1../s1. The molecule has 34 heavy (non-hydrogen) atoms. The van der Waals surface area contributed by atoms with Gasteiger partial charge in [0.15, 0.2) is 0 Å². The third-order valence-corrected chi connectivity index (χ3v) is 7.44. The monoisotopic (exact) mass is 505 g/mol. The first-order chi connectivity index (χ1) is 15.6. The fourth-order valence-electron chi connectivity index (χ4n) is 5.23. The number of β-lactam (4-membered cyclic amide) rings is 1. The number of hydrogen-bond acceptors (Lipinski definition) is 5. The molecule has 0 bridgehead atoms. The Balaban J connectivity index is 0.00000274. The van der Waals surface area contributed by atoms with E-state index in [2.05, 4.69) is 0 Å². The van der Waals surface area contributed by atoms with Crippen LogP contribution in [0.15, 0.2) is 40.4 Å². The van der Waals surface area contributed by atoms with Crippen LogP contribution in [0.3, 0.4) is 0 Å². The van der Waals surface area contributed by atoms with Crippen LogP contribution >= 0.6 is 11.3 Å². The maximum atomic E-state index is 13.0. The third-order valence-electron chi connectivity index (χ3n) is 6.58. The molecule has 0 aromatic carbocycles. The number of carbonyl (C=O) groups is 4. The molecule has 0 spiro atoms. The summed E-state index contributed by atoms with van der Waals surface area (Å²) in [5, 5.41) is 11.7. The number of likely N-dealkylation sites (tertiary alicyclic amines) is 2. The molecular formula is C21H19F3N3NaO5S. The van der Waals surface area contributed by atoms with Crippen molar-refractivity contribution in [2.24, 2.45) is 5.92 Å². The van der Waals surface area contributed by atoms with Gasteiger partial charge in [0.05, 0.1) is 12.6 Å². The second-order valence-electron chi connectivity index (χ2n) is 8.47. The molecule has 0 unspecified atom stereocenters. The van der Waals surface area contributed by atoms with Gasteiger partial charge in [-0.3, -0.25) is 19.3 Å². The Bertz CT molecular complexity index is 1130. The van der Waals surface area contributed by atoms with E-state index in [-0.39, 0.29) is 59.7 Å². The van der Waals surface area contributed by atoms with Gasteiger partial charge in [0.1, 0.15) is 11.7 Å². The van der Waals surface area contributed by atoms with Crippen LogP contribution in [0.25, 0.3) is 0 Å². The van der Waals surface area contributed by atoms with Gasteiger partial charge in [-0.2, -0.15) is 13.2 Å². The number of aliphatic carboxylic acids is 1. The van der Waals surface area contributed by atoms with Crippen molar-refractivity contribution in [2.45, 2.75) is 37.6 Å².